The first-order valence-corrected chi connectivity index (χ1v) is 13.4. The molecule has 0 heterocycles. The average Bonchev–Trinajstić information content (AvgIpc) is 2.65. The van der Waals surface area contributed by atoms with E-state index in [-0.39, 0.29) is 19.5 Å². The summed E-state index contributed by atoms with van der Waals surface area (Å²) in [5.41, 5.74) is 0. The first-order chi connectivity index (χ1) is 13.8. The number of hydrogen-bond donors (Lipinski definition) is 1. The van der Waals surface area contributed by atoms with Gasteiger partial charge < -0.3 is 4.52 Å². The summed E-state index contributed by atoms with van der Waals surface area (Å²) in [5, 5.41) is 0. The molecule has 11 heteroatoms. The molecule has 0 aromatic carbocycles. The normalized spacial score (nSPS) is 13.8. The van der Waals surface area contributed by atoms with Crippen LogP contribution in [0.15, 0.2) is 0 Å². The number of phosphoric ester groups is 2. The molecule has 0 aliphatic heterocycles. The molecule has 9 nitrogen and oxygen atoms in total. The molecule has 0 radical (unpaired) electrons. The molecule has 0 bridgehead atoms. The highest BCUT2D eigenvalue weighted by molar-refractivity contribution is 7.62. The monoisotopic (exact) mass is 458 g/mol. The van der Waals surface area contributed by atoms with Gasteiger partial charge in [-0.15, -0.1) is 0 Å². The van der Waals surface area contributed by atoms with Gasteiger partial charge in [0.25, 0.3) is 0 Å². The second-order valence-electron chi connectivity index (χ2n) is 6.73. The van der Waals surface area contributed by atoms with E-state index < -0.39 is 21.6 Å². The topological polar surface area (TPSA) is 125 Å². The van der Waals surface area contributed by atoms with Crippen molar-refractivity contribution in [1.82, 2.24) is 0 Å². The van der Waals surface area contributed by atoms with Gasteiger partial charge in [-0.2, -0.15) is 4.31 Å². The number of aldehydes is 1. The van der Waals surface area contributed by atoms with E-state index >= 15 is 0 Å². The maximum absolute atomic E-state index is 12.7. The number of hydrogen-bond acceptors (Lipinski definition) is 8. The van der Waals surface area contributed by atoms with Crippen molar-refractivity contribution in [1.29, 1.82) is 0 Å². The first-order valence-electron chi connectivity index (χ1n) is 10.4. The first kappa shape index (κ1) is 28.4. The molecule has 29 heavy (non-hydrogen) atoms. The van der Waals surface area contributed by atoms with E-state index in [1.165, 1.54) is 0 Å². The van der Waals surface area contributed by atoms with Crippen molar-refractivity contribution in [2.45, 2.75) is 90.9 Å². The quantitative estimate of drug-likeness (QED) is 0.106. The van der Waals surface area contributed by atoms with Crippen LogP contribution in [0.4, 0.5) is 0 Å². The lowest BCUT2D eigenvalue weighted by atomic mass is 10.1. The van der Waals surface area contributed by atoms with Crippen LogP contribution in [-0.2, 0) is 36.6 Å². The molecular formula is C18H36O9P2. The van der Waals surface area contributed by atoms with Gasteiger partial charge in [0.1, 0.15) is 0 Å². The van der Waals surface area contributed by atoms with Gasteiger partial charge in [0.2, 0.25) is 6.29 Å². The van der Waals surface area contributed by atoms with E-state index in [1.54, 1.807) is 0 Å². The van der Waals surface area contributed by atoms with Gasteiger partial charge >= 0.3 is 21.6 Å². The molecule has 1 atom stereocenters. The summed E-state index contributed by atoms with van der Waals surface area (Å²) in [5.74, 6) is -1.62. The van der Waals surface area contributed by atoms with E-state index in [2.05, 4.69) is 22.7 Å². The van der Waals surface area contributed by atoms with Crippen LogP contribution in [0.2, 0.25) is 0 Å². The number of carbonyl (C=O) groups is 2. The Hall–Kier alpha value is -0.560. The van der Waals surface area contributed by atoms with Crippen LogP contribution >= 0.6 is 15.6 Å². The van der Waals surface area contributed by atoms with Gasteiger partial charge in [-0.05, 0) is 12.8 Å². The Morgan fingerprint density at radius 3 is 1.62 bits per heavy atom. The SMILES string of the molecule is CCCCCCCCOP(=O)(OCCCCCCCC)OP(=O)(O)OC(=O)C=O. The van der Waals surface area contributed by atoms with E-state index in [1.807, 2.05) is 0 Å². The van der Waals surface area contributed by atoms with Gasteiger partial charge in [-0.1, -0.05) is 78.1 Å². The van der Waals surface area contributed by atoms with Crippen LogP contribution in [0.1, 0.15) is 90.9 Å². The Kier molecular flexibility index (Phi) is 16.8. The highest BCUT2D eigenvalue weighted by Gasteiger charge is 2.40. The van der Waals surface area contributed by atoms with E-state index in [0.717, 1.165) is 64.2 Å². The largest absolute Gasteiger partial charge is 0.538 e. The van der Waals surface area contributed by atoms with Crippen molar-refractivity contribution in [2.75, 3.05) is 13.2 Å². The van der Waals surface area contributed by atoms with E-state index in [9.17, 15) is 23.6 Å². The zero-order valence-electron chi connectivity index (χ0n) is 17.6. The summed E-state index contributed by atoms with van der Waals surface area (Å²) in [6.07, 6.45) is 11.2. The van der Waals surface area contributed by atoms with Crippen LogP contribution in [0.5, 0.6) is 0 Å². The van der Waals surface area contributed by atoms with Gasteiger partial charge in [0, 0.05) is 0 Å². The van der Waals surface area contributed by atoms with Gasteiger partial charge in [-0.3, -0.25) is 18.7 Å². The fourth-order valence-corrected chi connectivity index (χ4v) is 5.05. The van der Waals surface area contributed by atoms with Crippen molar-refractivity contribution in [3.05, 3.63) is 0 Å². The number of carbonyl (C=O) groups excluding carboxylic acids is 2. The Balaban J connectivity index is 4.55. The van der Waals surface area contributed by atoms with Crippen LogP contribution in [0, 0.1) is 0 Å². The molecule has 0 aliphatic rings. The highest BCUT2D eigenvalue weighted by Crippen LogP contribution is 2.63. The molecule has 172 valence electrons. The van der Waals surface area contributed by atoms with E-state index in [4.69, 9.17) is 9.05 Å². The smallest absolute Gasteiger partial charge is 0.365 e. The van der Waals surface area contributed by atoms with Crippen molar-refractivity contribution in [3.63, 3.8) is 0 Å². The second-order valence-corrected chi connectivity index (χ2v) is 9.91. The van der Waals surface area contributed by atoms with Crippen LogP contribution < -0.4 is 0 Å². The highest BCUT2D eigenvalue weighted by atomic mass is 31.3. The number of unbranched alkanes of at least 4 members (excludes halogenated alkanes) is 10. The van der Waals surface area contributed by atoms with Crippen molar-refractivity contribution < 1.29 is 41.5 Å². The lowest BCUT2D eigenvalue weighted by Gasteiger charge is -2.19. The Morgan fingerprint density at radius 1 is 0.793 bits per heavy atom. The van der Waals surface area contributed by atoms with Gasteiger partial charge in [0.05, 0.1) is 13.2 Å². The minimum atomic E-state index is -5.12. The molecule has 0 spiro atoms. The summed E-state index contributed by atoms with van der Waals surface area (Å²) >= 11 is 0. The second kappa shape index (κ2) is 17.2. The Bertz CT molecular complexity index is 517. The average molecular weight is 458 g/mol. The van der Waals surface area contributed by atoms with Gasteiger partial charge in [-0.25, -0.2) is 13.9 Å². The predicted octanol–water partition coefficient (Wildman–Crippen LogP) is 5.71. The molecule has 0 aromatic rings. The molecule has 0 fully saturated rings. The molecule has 0 aromatic heterocycles. The lowest BCUT2D eigenvalue weighted by molar-refractivity contribution is -0.142. The predicted molar refractivity (Wildman–Crippen MR) is 109 cm³/mol. The standard InChI is InChI=1S/C18H36O9P2/c1-3-5-7-9-11-13-15-24-29(23,25-16-14-12-10-8-6-4-2)27-28(21,22)26-18(20)17-19/h17H,3-16H2,1-2H3,(H,21,22). The minimum absolute atomic E-state index is 0.00152. The molecule has 0 amide bonds. The molecule has 0 rings (SSSR count). The fourth-order valence-electron chi connectivity index (χ4n) is 2.48. The minimum Gasteiger partial charge on any atom is -0.365 e. The molecule has 0 saturated carbocycles. The molecule has 1 N–H and O–H groups in total. The lowest BCUT2D eigenvalue weighted by Crippen LogP contribution is -2.07. The van der Waals surface area contributed by atoms with E-state index in [0.29, 0.717) is 12.8 Å². The van der Waals surface area contributed by atoms with Crippen molar-refractivity contribution >= 4 is 27.9 Å². The molecule has 1 unspecified atom stereocenters. The third kappa shape index (κ3) is 16.9. The third-order valence-corrected chi connectivity index (χ3v) is 7.03. The van der Waals surface area contributed by atoms with Crippen LogP contribution in [0.25, 0.3) is 0 Å². The van der Waals surface area contributed by atoms with Crippen molar-refractivity contribution in [2.24, 2.45) is 0 Å². The Morgan fingerprint density at radius 2 is 1.21 bits per heavy atom. The molecule has 0 saturated heterocycles. The third-order valence-electron chi connectivity index (χ3n) is 4.00. The summed E-state index contributed by atoms with van der Waals surface area (Å²) in [7, 11) is -9.56. The van der Waals surface area contributed by atoms with Crippen LogP contribution in [0.3, 0.4) is 0 Å². The fraction of sp³-hybridized carbons (Fsp3) is 0.889. The summed E-state index contributed by atoms with van der Waals surface area (Å²) in [4.78, 5) is 30.8. The molecule has 0 aliphatic carbocycles. The van der Waals surface area contributed by atoms with Gasteiger partial charge in [0.15, 0.2) is 0 Å². The maximum Gasteiger partial charge on any atom is 0.538 e. The number of phosphoric acid groups is 2. The summed E-state index contributed by atoms with van der Waals surface area (Å²) in [6.45, 7) is 4.23. The summed E-state index contributed by atoms with van der Waals surface area (Å²) in [6, 6.07) is 0. The zero-order valence-corrected chi connectivity index (χ0v) is 19.4. The Labute approximate surface area is 174 Å². The zero-order chi connectivity index (χ0) is 22.0. The van der Waals surface area contributed by atoms with Crippen molar-refractivity contribution in [3.8, 4) is 0 Å². The molecular weight excluding hydrogens is 422 g/mol. The van der Waals surface area contributed by atoms with Crippen LogP contribution in [-0.4, -0.2) is 30.4 Å². The maximum atomic E-state index is 12.7. The number of rotatable bonds is 20. The summed E-state index contributed by atoms with van der Waals surface area (Å²) < 4.78 is 43.3.